The lowest BCUT2D eigenvalue weighted by Gasteiger charge is -2.32. The van der Waals surface area contributed by atoms with Crippen LogP contribution in [-0.4, -0.2) is 25.8 Å². The molecule has 0 N–H and O–H groups in total. The normalized spacial score (nSPS) is 28.6. The monoisotopic (exact) mass is 242 g/mol. The van der Waals surface area contributed by atoms with Gasteiger partial charge in [-0.15, -0.1) is 0 Å². The summed E-state index contributed by atoms with van der Waals surface area (Å²) in [6, 6.07) is 0. The van der Waals surface area contributed by atoms with Gasteiger partial charge in [0.1, 0.15) is 0 Å². The van der Waals surface area contributed by atoms with Gasteiger partial charge in [-0.3, -0.25) is 4.79 Å². The van der Waals surface area contributed by atoms with Crippen molar-refractivity contribution in [1.29, 1.82) is 0 Å². The molecule has 1 rings (SSSR count). The van der Waals surface area contributed by atoms with Crippen molar-refractivity contribution in [3.63, 3.8) is 0 Å². The van der Waals surface area contributed by atoms with Gasteiger partial charge in [0.05, 0.1) is 18.1 Å². The van der Waals surface area contributed by atoms with Gasteiger partial charge in [-0.2, -0.15) is 0 Å². The molecule has 0 aromatic rings. The zero-order chi connectivity index (χ0) is 12.9. The molecule has 0 amide bonds. The summed E-state index contributed by atoms with van der Waals surface area (Å²) in [4.78, 5) is 12.3. The van der Waals surface area contributed by atoms with E-state index in [1.54, 1.807) is 7.11 Å². The Kier molecular flexibility index (Phi) is 5.44. The number of ether oxygens (including phenoxy) is 2. The zero-order valence-electron chi connectivity index (χ0n) is 11.6. The maximum absolute atomic E-state index is 12.3. The summed E-state index contributed by atoms with van der Waals surface area (Å²) < 4.78 is 11.0. The number of methoxy groups -OCH3 is 1. The first-order valence-electron chi connectivity index (χ1n) is 6.76. The van der Waals surface area contributed by atoms with Gasteiger partial charge in [0, 0.05) is 7.11 Å². The number of rotatable bonds is 6. The molecule has 2 unspecified atom stereocenters. The lowest BCUT2D eigenvalue weighted by Crippen LogP contribution is -2.41. The molecule has 1 fully saturated rings. The summed E-state index contributed by atoms with van der Waals surface area (Å²) in [5.74, 6) is 0.345. The highest BCUT2D eigenvalue weighted by molar-refractivity contribution is 5.78. The Morgan fingerprint density at radius 2 is 2.18 bits per heavy atom. The largest absolute Gasteiger partial charge is 0.465 e. The van der Waals surface area contributed by atoms with E-state index in [0.717, 1.165) is 32.1 Å². The molecular weight excluding hydrogens is 216 g/mol. The molecule has 17 heavy (non-hydrogen) atoms. The molecule has 0 aliphatic heterocycles. The Bertz CT molecular complexity index is 250. The SMILES string of the molecule is CCCC1(C(=O)OCC(C)C)CCCC1OC. The zero-order valence-corrected chi connectivity index (χ0v) is 11.6. The van der Waals surface area contributed by atoms with Crippen LogP contribution in [-0.2, 0) is 14.3 Å². The Balaban J connectivity index is 2.72. The number of hydrogen-bond donors (Lipinski definition) is 0. The van der Waals surface area contributed by atoms with Crippen molar-refractivity contribution in [3.05, 3.63) is 0 Å². The Morgan fingerprint density at radius 1 is 1.47 bits per heavy atom. The van der Waals surface area contributed by atoms with Crippen LogP contribution in [0.15, 0.2) is 0 Å². The van der Waals surface area contributed by atoms with Crippen LogP contribution >= 0.6 is 0 Å². The van der Waals surface area contributed by atoms with E-state index in [2.05, 4.69) is 20.8 Å². The van der Waals surface area contributed by atoms with Gasteiger partial charge in [-0.05, 0) is 31.6 Å². The summed E-state index contributed by atoms with van der Waals surface area (Å²) in [5.41, 5.74) is -0.377. The molecule has 0 saturated heterocycles. The van der Waals surface area contributed by atoms with Crippen molar-refractivity contribution in [1.82, 2.24) is 0 Å². The van der Waals surface area contributed by atoms with Crippen LogP contribution in [0.25, 0.3) is 0 Å². The maximum Gasteiger partial charge on any atom is 0.314 e. The maximum atomic E-state index is 12.3. The van der Waals surface area contributed by atoms with E-state index in [1.807, 2.05) is 0 Å². The van der Waals surface area contributed by atoms with Gasteiger partial charge in [0.15, 0.2) is 0 Å². The second-order valence-electron chi connectivity index (χ2n) is 5.52. The first kappa shape index (κ1) is 14.5. The van der Waals surface area contributed by atoms with E-state index in [9.17, 15) is 4.79 Å². The first-order valence-corrected chi connectivity index (χ1v) is 6.76. The fourth-order valence-electron chi connectivity index (χ4n) is 2.84. The molecule has 3 heteroatoms. The molecule has 0 spiro atoms. The average molecular weight is 242 g/mol. The summed E-state index contributed by atoms with van der Waals surface area (Å²) in [6.45, 7) is 6.74. The van der Waals surface area contributed by atoms with Crippen LogP contribution in [0.3, 0.4) is 0 Å². The van der Waals surface area contributed by atoms with Crippen LogP contribution in [0.5, 0.6) is 0 Å². The Labute approximate surface area is 105 Å². The van der Waals surface area contributed by atoms with Crippen LogP contribution in [0.1, 0.15) is 52.9 Å². The summed E-state index contributed by atoms with van der Waals surface area (Å²) in [5, 5.41) is 0. The van der Waals surface area contributed by atoms with E-state index >= 15 is 0 Å². The van der Waals surface area contributed by atoms with Crippen molar-refractivity contribution in [2.24, 2.45) is 11.3 Å². The van der Waals surface area contributed by atoms with Gasteiger partial charge in [0.2, 0.25) is 0 Å². The molecule has 1 saturated carbocycles. The molecule has 3 nitrogen and oxygen atoms in total. The minimum Gasteiger partial charge on any atom is -0.465 e. The highest BCUT2D eigenvalue weighted by Crippen LogP contribution is 2.44. The third-order valence-corrected chi connectivity index (χ3v) is 3.64. The molecule has 1 aliphatic rings. The van der Waals surface area contributed by atoms with E-state index in [-0.39, 0.29) is 17.5 Å². The van der Waals surface area contributed by atoms with Crippen molar-refractivity contribution in [2.45, 2.75) is 59.0 Å². The molecule has 1 aliphatic carbocycles. The van der Waals surface area contributed by atoms with Crippen LogP contribution in [0.4, 0.5) is 0 Å². The predicted molar refractivity (Wildman–Crippen MR) is 67.8 cm³/mol. The molecule has 0 aromatic heterocycles. The van der Waals surface area contributed by atoms with E-state index in [4.69, 9.17) is 9.47 Å². The van der Waals surface area contributed by atoms with Gasteiger partial charge in [-0.1, -0.05) is 27.2 Å². The summed E-state index contributed by atoms with van der Waals surface area (Å²) >= 11 is 0. The van der Waals surface area contributed by atoms with Gasteiger partial charge in [0.25, 0.3) is 0 Å². The fourth-order valence-corrected chi connectivity index (χ4v) is 2.84. The Morgan fingerprint density at radius 3 is 2.71 bits per heavy atom. The van der Waals surface area contributed by atoms with Gasteiger partial charge < -0.3 is 9.47 Å². The topological polar surface area (TPSA) is 35.5 Å². The summed E-state index contributed by atoms with van der Waals surface area (Å²) in [7, 11) is 1.70. The molecule has 100 valence electrons. The fraction of sp³-hybridized carbons (Fsp3) is 0.929. The van der Waals surface area contributed by atoms with Crippen molar-refractivity contribution < 1.29 is 14.3 Å². The Hall–Kier alpha value is -0.570. The molecule has 0 bridgehead atoms. The quantitative estimate of drug-likeness (QED) is 0.671. The standard InChI is InChI=1S/C14H26O3/c1-5-8-14(9-6-7-12(14)16-4)13(15)17-10-11(2)3/h11-12H,5-10H2,1-4H3. The van der Waals surface area contributed by atoms with Crippen molar-refractivity contribution >= 4 is 5.97 Å². The number of carbonyl (C=O) groups excluding carboxylic acids is 1. The van der Waals surface area contributed by atoms with Gasteiger partial charge in [-0.25, -0.2) is 0 Å². The number of esters is 1. The molecule has 2 atom stereocenters. The van der Waals surface area contributed by atoms with E-state index in [1.165, 1.54) is 0 Å². The van der Waals surface area contributed by atoms with Crippen LogP contribution in [0.2, 0.25) is 0 Å². The first-order chi connectivity index (χ1) is 8.06. The second-order valence-corrected chi connectivity index (χ2v) is 5.52. The smallest absolute Gasteiger partial charge is 0.314 e. The molecule has 0 aromatic carbocycles. The molecular formula is C14H26O3. The average Bonchev–Trinajstić information content (AvgIpc) is 2.70. The highest BCUT2D eigenvalue weighted by Gasteiger charge is 2.49. The van der Waals surface area contributed by atoms with Gasteiger partial charge >= 0.3 is 5.97 Å². The van der Waals surface area contributed by atoms with E-state index < -0.39 is 0 Å². The predicted octanol–water partition coefficient (Wildman–Crippen LogP) is 3.17. The summed E-state index contributed by atoms with van der Waals surface area (Å²) in [6.07, 6.45) is 4.87. The number of hydrogen-bond acceptors (Lipinski definition) is 3. The minimum absolute atomic E-state index is 0.0436. The highest BCUT2D eigenvalue weighted by atomic mass is 16.5. The second kappa shape index (κ2) is 6.39. The third kappa shape index (κ3) is 3.21. The molecule has 0 heterocycles. The number of carbonyl (C=O) groups is 1. The minimum atomic E-state index is -0.377. The van der Waals surface area contributed by atoms with Crippen LogP contribution in [0, 0.1) is 11.3 Å². The lowest BCUT2D eigenvalue weighted by atomic mass is 9.79. The molecule has 0 radical (unpaired) electrons. The van der Waals surface area contributed by atoms with Crippen molar-refractivity contribution in [3.8, 4) is 0 Å². The van der Waals surface area contributed by atoms with E-state index in [0.29, 0.717) is 12.5 Å². The third-order valence-electron chi connectivity index (χ3n) is 3.64. The van der Waals surface area contributed by atoms with Crippen LogP contribution < -0.4 is 0 Å². The van der Waals surface area contributed by atoms with Crippen molar-refractivity contribution in [2.75, 3.05) is 13.7 Å². The lowest BCUT2D eigenvalue weighted by molar-refractivity contribution is -0.165.